The van der Waals surface area contributed by atoms with Gasteiger partial charge in [-0.2, -0.15) is 0 Å². The molecule has 0 radical (unpaired) electrons. The molecule has 1 unspecified atom stereocenters. The van der Waals surface area contributed by atoms with Crippen LogP contribution in [0.25, 0.3) is 0 Å². The van der Waals surface area contributed by atoms with Gasteiger partial charge in [0.05, 0.1) is 0 Å². The van der Waals surface area contributed by atoms with Crippen molar-refractivity contribution in [3.05, 3.63) is 56.2 Å². The minimum absolute atomic E-state index is 0.399. The maximum absolute atomic E-state index is 3.66. The topological polar surface area (TPSA) is 12.0 Å². The van der Waals surface area contributed by atoms with Crippen LogP contribution in [0, 0.1) is 6.92 Å². The van der Waals surface area contributed by atoms with E-state index in [1.54, 1.807) is 0 Å². The third kappa shape index (κ3) is 4.16. The van der Waals surface area contributed by atoms with Gasteiger partial charge in [0, 0.05) is 21.8 Å². The monoisotopic (exact) mass is 337 g/mol. The summed E-state index contributed by atoms with van der Waals surface area (Å²) >= 11 is 5.45. The van der Waals surface area contributed by atoms with Gasteiger partial charge in [0.25, 0.3) is 0 Å². The van der Waals surface area contributed by atoms with Crippen LogP contribution in [0.1, 0.15) is 35.4 Å². The molecule has 0 amide bonds. The van der Waals surface area contributed by atoms with Crippen LogP contribution in [-0.4, -0.2) is 6.54 Å². The largest absolute Gasteiger partial charge is 0.310 e. The van der Waals surface area contributed by atoms with E-state index in [2.05, 4.69) is 70.8 Å². The summed E-state index contributed by atoms with van der Waals surface area (Å²) in [5.74, 6) is 0. The van der Waals surface area contributed by atoms with Gasteiger partial charge in [-0.3, -0.25) is 0 Å². The van der Waals surface area contributed by atoms with Crippen LogP contribution in [0.15, 0.2) is 40.2 Å². The number of benzene rings is 1. The van der Waals surface area contributed by atoms with Gasteiger partial charge in [-0.15, -0.1) is 11.3 Å². The highest BCUT2D eigenvalue weighted by molar-refractivity contribution is 9.10. The molecule has 3 heteroatoms. The quantitative estimate of drug-likeness (QED) is 0.772. The highest BCUT2D eigenvalue weighted by Crippen LogP contribution is 2.28. The average Bonchev–Trinajstić information content (AvgIpc) is 2.81. The molecular formula is C16H20BrNS. The van der Waals surface area contributed by atoms with Crippen molar-refractivity contribution < 1.29 is 0 Å². The second-order valence-corrected chi connectivity index (χ2v) is 6.67. The maximum Gasteiger partial charge on any atom is 0.0369 e. The lowest BCUT2D eigenvalue weighted by molar-refractivity contribution is 0.531. The Morgan fingerprint density at radius 3 is 2.53 bits per heavy atom. The van der Waals surface area contributed by atoms with Crippen LogP contribution in [0.3, 0.4) is 0 Å². The lowest BCUT2D eigenvalue weighted by atomic mass is 10.0. The first kappa shape index (κ1) is 14.8. The van der Waals surface area contributed by atoms with E-state index in [9.17, 15) is 0 Å². The molecule has 0 fully saturated rings. The average molecular weight is 338 g/mol. The maximum atomic E-state index is 3.66. The molecule has 0 spiro atoms. The fraction of sp³-hybridized carbons (Fsp3) is 0.375. The van der Waals surface area contributed by atoms with Gasteiger partial charge in [0.1, 0.15) is 0 Å². The second-order valence-electron chi connectivity index (χ2n) is 4.81. The smallest absolute Gasteiger partial charge is 0.0369 e. The highest BCUT2D eigenvalue weighted by Gasteiger charge is 2.13. The minimum Gasteiger partial charge on any atom is -0.310 e. The summed E-state index contributed by atoms with van der Waals surface area (Å²) in [5.41, 5.74) is 2.69. The van der Waals surface area contributed by atoms with Gasteiger partial charge < -0.3 is 5.32 Å². The Labute approximate surface area is 128 Å². The summed E-state index contributed by atoms with van der Waals surface area (Å²) in [4.78, 5) is 1.41. The molecule has 1 aromatic carbocycles. The predicted octanol–water partition coefficient (Wildman–Crippen LogP) is 5.10. The van der Waals surface area contributed by atoms with E-state index in [0.29, 0.717) is 6.04 Å². The molecule has 0 saturated heterocycles. The van der Waals surface area contributed by atoms with Crippen LogP contribution < -0.4 is 5.32 Å². The van der Waals surface area contributed by atoms with Gasteiger partial charge in [0.15, 0.2) is 0 Å². The molecule has 19 heavy (non-hydrogen) atoms. The number of hydrogen-bond donors (Lipinski definition) is 1. The van der Waals surface area contributed by atoms with Gasteiger partial charge in [-0.05, 0) is 52.8 Å². The number of hydrogen-bond acceptors (Lipinski definition) is 2. The van der Waals surface area contributed by atoms with Gasteiger partial charge >= 0.3 is 0 Å². The van der Waals surface area contributed by atoms with E-state index >= 15 is 0 Å². The van der Waals surface area contributed by atoms with Crippen molar-refractivity contribution in [2.24, 2.45) is 0 Å². The Bertz CT molecular complexity index is 504. The van der Waals surface area contributed by atoms with Crippen LogP contribution in [0.4, 0.5) is 0 Å². The lowest BCUT2D eigenvalue weighted by Crippen LogP contribution is -2.23. The van der Waals surface area contributed by atoms with Crippen LogP contribution in [0.2, 0.25) is 0 Å². The fourth-order valence-electron chi connectivity index (χ4n) is 2.08. The van der Waals surface area contributed by atoms with Gasteiger partial charge in [-0.1, -0.05) is 36.8 Å². The van der Waals surface area contributed by atoms with E-state index < -0.39 is 0 Å². The molecule has 1 nitrogen and oxygen atoms in total. The molecule has 0 aliphatic heterocycles. The van der Waals surface area contributed by atoms with Crippen molar-refractivity contribution in [2.75, 3.05) is 6.54 Å². The Morgan fingerprint density at radius 2 is 1.95 bits per heavy atom. The Morgan fingerprint density at radius 1 is 1.21 bits per heavy atom. The fourth-order valence-corrected chi connectivity index (χ4v) is 3.64. The van der Waals surface area contributed by atoms with E-state index in [4.69, 9.17) is 0 Å². The molecule has 2 aromatic rings. The summed E-state index contributed by atoms with van der Waals surface area (Å²) in [6.07, 6.45) is 2.20. The third-order valence-electron chi connectivity index (χ3n) is 3.20. The standard InChI is InChI=1S/C16H20BrNS/c1-3-9-18-15(11-16-14(17)8-10-19-16)13-6-4-12(2)5-7-13/h4-8,10,15,18H,3,9,11H2,1-2H3. The predicted molar refractivity (Wildman–Crippen MR) is 87.9 cm³/mol. The summed E-state index contributed by atoms with van der Waals surface area (Å²) in [5, 5.41) is 5.80. The summed E-state index contributed by atoms with van der Waals surface area (Å²) in [6.45, 7) is 5.40. The first-order chi connectivity index (χ1) is 9.20. The number of rotatable bonds is 6. The zero-order chi connectivity index (χ0) is 13.7. The van der Waals surface area contributed by atoms with Crippen molar-refractivity contribution in [3.63, 3.8) is 0 Å². The van der Waals surface area contributed by atoms with E-state index in [0.717, 1.165) is 19.4 Å². The molecule has 1 atom stereocenters. The second kappa shape index (κ2) is 7.22. The van der Waals surface area contributed by atoms with Crippen LogP contribution in [-0.2, 0) is 6.42 Å². The van der Waals surface area contributed by atoms with Gasteiger partial charge in [-0.25, -0.2) is 0 Å². The molecular weight excluding hydrogens is 318 g/mol. The normalized spacial score (nSPS) is 12.6. The highest BCUT2D eigenvalue weighted by atomic mass is 79.9. The van der Waals surface area contributed by atoms with E-state index in [-0.39, 0.29) is 0 Å². The minimum atomic E-state index is 0.399. The molecule has 102 valence electrons. The lowest BCUT2D eigenvalue weighted by Gasteiger charge is -2.19. The third-order valence-corrected chi connectivity index (χ3v) is 5.15. The molecule has 0 saturated carbocycles. The van der Waals surface area contributed by atoms with Crippen molar-refractivity contribution >= 4 is 27.3 Å². The van der Waals surface area contributed by atoms with Crippen molar-refractivity contribution in [1.29, 1.82) is 0 Å². The Balaban J connectivity index is 2.15. The SMILES string of the molecule is CCCNC(Cc1sccc1Br)c1ccc(C)cc1. The molecule has 0 aliphatic carbocycles. The molecule has 1 aromatic heterocycles. The number of nitrogens with one attached hydrogen (secondary N) is 1. The van der Waals surface area contributed by atoms with E-state index in [1.165, 1.54) is 20.5 Å². The van der Waals surface area contributed by atoms with E-state index in [1.807, 2.05) is 11.3 Å². The van der Waals surface area contributed by atoms with Gasteiger partial charge in [0.2, 0.25) is 0 Å². The first-order valence-electron chi connectivity index (χ1n) is 6.72. The number of aryl methyl sites for hydroxylation is 1. The Kier molecular flexibility index (Phi) is 5.61. The summed E-state index contributed by atoms with van der Waals surface area (Å²) in [6, 6.07) is 11.4. The van der Waals surface area contributed by atoms with Crippen LogP contribution >= 0.6 is 27.3 Å². The first-order valence-corrected chi connectivity index (χ1v) is 8.39. The van der Waals surface area contributed by atoms with Crippen LogP contribution in [0.5, 0.6) is 0 Å². The summed E-state index contributed by atoms with van der Waals surface area (Å²) < 4.78 is 1.23. The Hall–Kier alpha value is -0.640. The zero-order valence-corrected chi connectivity index (χ0v) is 13.9. The zero-order valence-electron chi connectivity index (χ0n) is 11.4. The van der Waals surface area contributed by atoms with Crippen molar-refractivity contribution in [3.8, 4) is 0 Å². The molecule has 1 heterocycles. The summed E-state index contributed by atoms with van der Waals surface area (Å²) in [7, 11) is 0. The molecule has 2 rings (SSSR count). The molecule has 0 aliphatic rings. The molecule has 0 bridgehead atoms. The van der Waals surface area contributed by atoms with Crippen molar-refractivity contribution in [1.82, 2.24) is 5.32 Å². The van der Waals surface area contributed by atoms with Crippen molar-refractivity contribution in [2.45, 2.75) is 32.7 Å². The number of thiophene rings is 1. The number of halogens is 1. The molecule has 1 N–H and O–H groups in total.